The van der Waals surface area contributed by atoms with Crippen LogP contribution in [0.2, 0.25) is 0 Å². The molecule has 7 heteroatoms. The second kappa shape index (κ2) is 7.82. The molecule has 7 nitrogen and oxygen atoms in total. The van der Waals surface area contributed by atoms with E-state index >= 15 is 0 Å². The van der Waals surface area contributed by atoms with Crippen LogP contribution in [0.1, 0.15) is 17.4 Å². The van der Waals surface area contributed by atoms with Crippen LogP contribution in [0.25, 0.3) is 10.8 Å². The number of nitrogens with two attached hydrogens (primary N) is 1. The number of pyridine rings is 2. The Balaban J connectivity index is 1.51. The lowest BCUT2D eigenvalue weighted by Gasteiger charge is -2.15. The number of rotatable bonds is 5. The van der Waals surface area contributed by atoms with Crippen LogP contribution in [0.15, 0.2) is 48.8 Å². The van der Waals surface area contributed by atoms with Gasteiger partial charge in [0.2, 0.25) is 5.88 Å². The van der Waals surface area contributed by atoms with Crippen LogP contribution < -0.4 is 15.8 Å². The summed E-state index contributed by atoms with van der Waals surface area (Å²) < 4.78 is 11.5. The van der Waals surface area contributed by atoms with E-state index in [4.69, 9.17) is 15.2 Å². The minimum absolute atomic E-state index is 0.203. The molecule has 0 bridgehead atoms. The van der Waals surface area contributed by atoms with Gasteiger partial charge in [0.1, 0.15) is 0 Å². The van der Waals surface area contributed by atoms with Crippen LogP contribution in [-0.2, 0) is 4.74 Å². The van der Waals surface area contributed by atoms with Gasteiger partial charge >= 0.3 is 0 Å². The quantitative estimate of drug-likeness (QED) is 0.708. The first kappa shape index (κ1) is 18.2. The largest absolute Gasteiger partial charge is 0.477 e. The van der Waals surface area contributed by atoms with E-state index in [1.807, 2.05) is 24.3 Å². The van der Waals surface area contributed by atoms with Crippen molar-refractivity contribution in [2.75, 3.05) is 30.9 Å². The third-order valence-electron chi connectivity index (χ3n) is 4.99. The standard InChI is InChI=1S/C21H22N4O3/c1-13-10-27-11-15(13)12-28-21-17-5-4-16(9-14(17)6-8-24-21)25-20(26)19-18(22)3-2-7-23-19/h2-9,13,15H,10-12,22H2,1H3,(H,25,26). The summed E-state index contributed by atoms with van der Waals surface area (Å²) in [6.07, 6.45) is 3.24. The number of carbonyl (C=O) groups is 1. The average molecular weight is 378 g/mol. The molecule has 144 valence electrons. The molecule has 1 aliphatic rings. The van der Waals surface area contributed by atoms with Gasteiger partial charge in [0.05, 0.1) is 18.9 Å². The van der Waals surface area contributed by atoms with E-state index in [-0.39, 0.29) is 11.6 Å². The van der Waals surface area contributed by atoms with Crippen molar-refractivity contribution in [2.24, 2.45) is 11.8 Å². The summed E-state index contributed by atoms with van der Waals surface area (Å²) in [7, 11) is 0. The number of nitrogen functional groups attached to an aromatic ring is 1. The number of amides is 1. The molecular weight excluding hydrogens is 356 g/mol. The summed E-state index contributed by atoms with van der Waals surface area (Å²) in [6.45, 7) is 4.24. The average Bonchev–Trinajstić information content (AvgIpc) is 3.11. The number of anilines is 2. The maximum absolute atomic E-state index is 12.4. The predicted octanol–water partition coefficient (Wildman–Crippen LogP) is 3.13. The van der Waals surface area contributed by atoms with Gasteiger partial charge in [-0.3, -0.25) is 4.79 Å². The maximum atomic E-state index is 12.4. The molecule has 1 fully saturated rings. The number of hydrogen-bond donors (Lipinski definition) is 2. The van der Waals surface area contributed by atoms with Gasteiger partial charge in [0.15, 0.2) is 5.69 Å². The number of hydrogen-bond acceptors (Lipinski definition) is 6. The number of aromatic nitrogens is 2. The molecule has 1 aromatic carbocycles. The molecule has 0 radical (unpaired) electrons. The highest BCUT2D eigenvalue weighted by Gasteiger charge is 2.25. The first-order chi connectivity index (χ1) is 13.6. The first-order valence-corrected chi connectivity index (χ1v) is 9.23. The molecule has 0 aliphatic carbocycles. The molecule has 0 spiro atoms. The molecular formula is C21H22N4O3. The Labute approximate surface area is 162 Å². The number of fused-ring (bicyclic) bond motifs is 1. The molecule has 3 aromatic rings. The molecule has 2 aromatic heterocycles. The lowest BCUT2D eigenvalue weighted by atomic mass is 9.99. The predicted molar refractivity (Wildman–Crippen MR) is 107 cm³/mol. The Bertz CT molecular complexity index is 1010. The fraction of sp³-hybridized carbons (Fsp3) is 0.286. The third-order valence-corrected chi connectivity index (χ3v) is 4.99. The molecule has 2 unspecified atom stereocenters. The Hall–Kier alpha value is -3.19. The maximum Gasteiger partial charge on any atom is 0.276 e. The molecule has 0 saturated carbocycles. The van der Waals surface area contributed by atoms with Crippen molar-refractivity contribution in [3.63, 3.8) is 0 Å². The second-order valence-electron chi connectivity index (χ2n) is 7.03. The molecule has 1 aliphatic heterocycles. The number of carbonyl (C=O) groups excluding carboxylic acids is 1. The topological polar surface area (TPSA) is 99.4 Å². The smallest absolute Gasteiger partial charge is 0.276 e. The van der Waals surface area contributed by atoms with Crippen molar-refractivity contribution in [3.8, 4) is 5.88 Å². The SMILES string of the molecule is CC1COCC1COc1nccc2cc(NC(=O)c3ncccc3N)ccc12. The second-order valence-corrected chi connectivity index (χ2v) is 7.03. The fourth-order valence-electron chi connectivity index (χ4n) is 3.24. The molecule has 4 rings (SSSR count). The van der Waals surface area contributed by atoms with E-state index in [9.17, 15) is 4.79 Å². The molecule has 2 atom stereocenters. The van der Waals surface area contributed by atoms with E-state index in [0.29, 0.717) is 35.7 Å². The van der Waals surface area contributed by atoms with Crippen molar-refractivity contribution >= 4 is 28.1 Å². The summed E-state index contributed by atoms with van der Waals surface area (Å²) >= 11 is 0. The number of nitrogens with zero attached hydrogens (tertiary/aromatic N) is 2. The van der Waals surface area contributed by atoms with Crippen molar-refractivity contribution in [3.05, 3.63) is 54.5 Å². The molecule has 3 heterocycles. The molecule has 1 saturated heterocycles. The van der Waals surface area contributed by atoms with Gasteiger partial charge in [0, 0.05) is 36.0 Å². The summed E-state index contributed by atoms with van der Waals surface area (Å²) in [5.74, 6) is 1.09. The van der Waals surface area contributed by atoms with E-state index in [1.54, 1.807) is 18.3 Å². The number of ether oxygens (including phenoxy) is 2. The van der Waals surface area contributed by atoms with Gasteiger partial charge in [-0.2, -0.15) is 0 Å². The Morgan fingerprint density at radius 2 is 2.14 bits per heavy atom. The third kappa shape index (κ3) is 3.75. The van der Waals surface area contributed by atoms with Crippen LogP contribution >= 0.6 is 0 Å². The Kier molecular flexibility index (Phi) is 5.08. The highest BCUT2D eigenvalue weighted by atomic mass is 16.5. The minimum atomic E-state index is -0.349. The molecule has 1 amide bonds. The zero-order valence-corrected chi connectivity index (χ0v) is 15.6. The Morgan fingerprint density at radius 3 is 2.93 bits per heavy atom. The Morgan fingerprint density at radius 1 is 1.25 bits per heavy atom. The summed E-state index contributed by atoms with van der Waals surface area (Å²) in [6, 6.07) is 10.8. The van der Waals surface area contributed by atoms with Gasteiger partial charge in [-0.15, -0.1) is 0 Å². The van der Waals surface area contributed by atoms with Crippen molar-refractivity contribution in [2.45, 2.75) is 6.92 Å². The normalized spacial score (nSPS) is 18.9. The highest BCUT2D eigenvalue weighted by molar-refractivity contribution is 6.07. The van der Waals surface area contributed by atoms with Crippen LogP contribution in [0, 0.1) is 11.8 Å². The zero-order valence-electron chi connectivity index (χ0n) is 15.6. The van der Waals surface area contributed by atoms with E-state index in [2.05, 4.69) is 22.2 Å². The summed E-state index contributed by atoms with van der Waals surface area (Å²) in [5.41, 5.74) is 7.02. The van der Waals surface area contributed by atoms with Crippen LogP contribution in [0.4, 0.5) is 11.4 Å². The first-order valence-electron chi connectivity index (χ1n) is 9.23. The summed E-state index contributed by atoms with van der Waals surface area (Å²) in [5, 5.41) is 4.65. The monoisotopic (exact) mass is 378 g/mol. The van der Waals surface area contributed by atoms with Gasteiger partial charge in [-0.25, -0.2) is 9.97 Å². The lowest BCUT2D eigenvalue weighted by Crippen LogP contribution is -2.18. The van der Waals surface area contributed by atoms with E-state index < -0.39 is 0 Å². The van der Waals surface area contributed by atoms with E-state index in [0.717, 1.165) is 24.0 Å². The van der Waals surface area contributed by atoms with Gasteiger partial charge in [-0.05, 0) is 47.7 Å². The van der Waals surface area contributed by atoms with Gasteiger partial charge < -0.3 is 20.5 Å². The van der Waals surface area contributed by atoms with E-state index in [1.165, 1.54) is 6.20 Å². The zero-order chi connectivity index (χ0) is 19.5. The van der Waals surface area contributed by atoms with Gasteiger partial charge in [0.25, 0.3) is 5.91 Å². The number of nitrogens with one attached hydrogen (secondary N) is 1. The van der Waals surface area contributed by atoms with Gasteiger partial charge in [-0.1, -0.05) is 6.92 Å². The highest BCUT2D eigenvalue weighted by Crippen LogP contribution is 2.28. The van der Waals surface area contributed by atoms with Crippen LogP contribution in [0.5, 0.6) is 5.88 Å². The van der Waals surface area contributed by atoms with Crippen molar-refractivity contribution in [1.82, 2.24) is 9.97 Å². The van der Waals surface area contributed by atoms with Crippen molar-refractivity contribution < 1.29 is 14.3 Å². The molecule has 28 heavy (non-hydrogen) atoms. The van der Waals surface area contributed by atoms with Crippen LogP contribution in [0.3, 0.4) is 0 Å². The minimum Gasteiger partial charge on any atom is -0.477 e. The van der Waals surface area contributed by atoms with Crippen LogP contribution in [-0.4, -0.2) is 35.7 Å². The van der Waals surface area contributed by atoms with Crippen molar-refractivity contribution in [1.29, 1.82) is 0 Å². The molecule has 3 N–H and O–H groups in total. The summed E-state index contributed by atoms with van der Waals surface area (Å²) in [4.78, 5) is 20.8. The lowest BCUT2D eigenvalue weighted by molar-refractivity contribution is 0.102. The number of benzene rings is 1. The fourth-order valence-corrected chi connectivity index (χ4v) is 3.24.